The van der Waals surface area contributed by atoms with Gasteiger partial charge in [-0.2, -0.15) is 0 Å². The third kappa shape index (κ3) is 4.16. The highest BCUT2D eigenvalue weighted by atomic mass is 16.7. The molecule has 1 aromatic rings. The minimum Gasteiger partial charge on any atom is -0.455 e. The molecule has 1 aliphatic heterocycles. The number of benzene rings is 1. The molecule has 132 valence electrons. The second-order valence-electron chi connectivity index (χ2n) is 5.25. The summed E-state index contributed by atoms with van der Waals surface area (Å²) in [5.74, 6) is -1.45. The van der Waals surface area contributed by atoms with Crippen molar-refractivity contribution in [2.45, 2.75) is 37.6 Å². The first-order chi connectivity index (χ1) is 11.5. The highest BCUT2D eigenvalue weighted by Gasteiger charge is 2.48. The van der Waals surface area contributed by atoms with Crippen molar-refractivity contribution in [3.8, 4) is 0 Å². The summed E-state index contributed by atoms with van der Waals surface area (Å²) in [4.78, 5) is 23.9. The average molecular weight is 340 g/mol. The van der Waals surface area contributed by atoms with Gasteiger partial charge in [0.15, 0.2) is 24.8 Å². The Morgan fingerprint density at radius 1 is 1.08 bits per heavy atom. The van der Waals surface area contributed by atoms with Crippen molar-refractivity contribution in [1.29, 1.82) is 0 Å². The fourth-order valence-electron chi connectivity index (χ4n) is 2.27. The van der Waals surface area contributed by atoms with E-state index in [1.54, 1.807) is 37.3 Å². The van der Waals surface area contributed by atoms with Gasteiger partial charge in [0.2, 0.25) is 0 Å². The molecule has 1 saturated heterocycles. The van der Waals surface area contributed by atoms with Crippen molar-refractivity contribution in [3.05, 3.63) is 35.9 Å². The number of ether oxygens (including phenoxy) is 3. The molecule has 1 fully saturated rings. The maximum atomic E-state index is 12.0. The molecule has 0 aromatic heterocycles. The minimum atomic E-state index is -1.70. The van der Waals surface area contributed by atoms with Crippen molar-refractivity contribution in [3.63, 3.8) is 0 Å². The van der Waals surface area contributed by atoms with Crippen LogP contribution in [0.25, 0.3) is 0 Å². The Kier molecular flexibility index (Phi) is 6.41. The summed E-state index contributed by atoms with van der Waals surface area (Å²) in [6.45, 7) is 1.27. The predicted molar refractivity (Wildman–Crippen MR) is 80.0 cm³/mol. The largest absolute Gasteiger partial charge is 0.455 e. The standard InChI is InChI=1S/C16H20O8/c1-2-22-16-13(20)11(18)12(19)14(24-16)15(21)23-8-10(17)9-6-4-3-5-7-9/h3-7,11-14,16,18-20H,2,8H2,1H3/t11-,12-,13+,14-,16?/m0/s1. The number of rotatable bonds is 6. The van der Waals surface area contributed by atoms with Gasteiger partial charge in [0, 0.05) is 12.2 Å². The molecule has 24 heavy (non-hydrogen) atoms. The topological polar surface area (TPSA) is 123 Å². The van der Waals surface area contributed by atoms with Crippen LogP contribution < -0.4 is 0 Å². The van der Waals surface area contributed by atoms with E-state index >= 15 is 0 Å². The number of aliphatic hydroxyl groups excluding tert-OH is 3. The van der Waals surface area contributed by atoms with Gasteiger partial charge in [0.25, 0.3) is 0 Å². The molecule has 1 aromatic carbocycles. The van der Waals surface area contributed by atoms with E-state index < -0.39 is 49.1 Å². The zero-order valence-electron chi connectivity index (χ0n) is 13.1. The van der Waals surface area contributed by atoms with E-state index in [0.29, 0.717) is 5.56 Å². The summed E-state index contributed by atoms with van der Waals surface area (Å²) >= 11 is 0. The normalized spacial score (nSPS) is 29.9. The van der Waals surface area contributed by atoms with Gasteiger partial charge in [-0.15, -0.1) is 0 Å². The number of hydrogen-bond acceptors (Lipinski definition) is 8. The second kappa shape index (κ2) is 8.32. The second-order valence-corrected chi connectivity index (χ2v) is 5.25. The lowest BCUT2D eigenvalue weighted by atomic mass is 9.99. The Bertz CT molecular complexity index is 560. The highest BCUT2D eigenvalue weighted by molar-refractivity contribution is 5.98. The Hall–Kier alpha value is -1.84. The smallest absolute Gasteiger partial charge is 0.338 e. The lowest BCUT2D eigenvalue weighted by Crippen LogP contribution is -2.60. The van der Waals surface area contributed by atoms with Crippen LogP contribution in [-0.4, -0.2) is 71.0 Å². The van der Waals surface area contributed by atoms with Crippen molar-refractivity contribution < 1.29 is 39.1 Å². The number of aliphatic hydroxyl groups is 3. The predicted octanol–water partition coefficient (Wildman–Crippen LogP) is -0.743. The van der Waals surface area contributed by atoms with Gasteiger partial charge in [-0.05, 0) is 6.92 Å². The molecular weight excluding hydrogens is 320 g/mol. The van der Waals surface area contributed by atoms with Gasteiger partial charge in [-0.1, -0.05) is 30.3 Å². The van der Waals surface area contributed by atoms with Crippen LogP contribution in [0.2, 0.25) is 0 Å². The monoisotopic (exact) mass is 340 g/mol. The quantitative estimate of drug-likeness (QED) is 0.457. The van der Waals surface area contributed by atoms with E-state index in [1.807, 2.05) is 0 Å². The van der Waals surface area contributed by atoms with Crippen molar-refractivity contribution in [2.24, 2.45) is 0 Å². The highest BCUT2D eigenvalue weighted by Crippen LogP contribution is 2.23. The number of esters is 1. The van der Waals surface area contributed by atoms with E-state index in [2.05, 4.69) is 0 Å². The Morgan fingerprint density at radius 2 is 1.75 bits per heavy atom. The number of Topliss-reactive ketones (excluding diaryl/α,β-unsaturated/α-hetero) is 1. The Labute approximate surface area is 138 Å². The fraction of sp³-hybridized carbons (Fsp3) is 0.500. The number of carbonyl (C=O) groups excluding carboxylic acids is 2. The summed E-state index contributed by atoms with van der Waals surface area (Å²) in [6, 6.07) is 8.25. The molecule has 0 spiro atoms. The maximum Gasteiger partial charge on any atom is 0.338 e. The van der Waals surface area contributed by atoms with Gasteiger partial charge in [-0.3, -0.25) is 4.79 Å². The zero-order valence-corrected chi connectivity index (χ0v) is 13.1. The lowest BCUT2D eigenvalue weighted by molar-refractivity contribution is -0.293. The fourth-order valence-corrected chi connectivity index (χ4v) is 2.27. The number of hydrogen-bond donors (Lipinski definition) is 3. The molecule has 0 aliphatic carbocycles. The molecule has 8 heteroatoms. The van der Waals surface area contributed by atoms with Gasteiger partial charge >= 0.3 is 5.97 Å². The van der Waals surface area contributed by atoms with Crippen LogP contribution in [0.5, 0.6) is 0 Å². The lowest BCUT2D eigenvalue weighted by Gasteiger charge is -2.38. The molecule has 1 aliphatic rings. The summed E-state index contributed by atoms with van der Waals surface area (Å²) in [7, 11) is 0. The van der Waals surface area contributed by atoms with Crippen LogP contribution in [0.3, 0.4) is 0 Å². The summed E-state index contributed by atoms with van der Waals surface area (Å²) in [5, 5.41) is 29.4. The third-order valence-electron chi connectivity index (χ3n) is 3.57. The van der Waals surface area contributed by atoms with Gasteiger partial charge < -0.3 is 29.5 Å². The van der Waals surface area contributed by atoms with Crippen LogP contribution in [-0.2, 0) is 19.0 Å². The molecule has 5 atom stereocenters. The first-order valence-electron chi connectivity index (χ1n) is 7.51. The van der Waals surface area contributed by atoms with Crippen molar-refractivity contribution >= 4 is 11.8 Å². The van der Waals surface area contributed by atoms with Crippen LogP contribution in [0.1, 0.15) is 17.3 Å². The molecular formula is C16H20O8. The first-order valence-corrected chi connectivity index (χ1v) is 7.51. The molecule has 8 nitrogen and oxygen atoms in total. The minimum absolute atomic E-state index is 0.165. The van der Waals surface area contributed by atoms with Gasteiger partial charge in [0.1, 0.15) is 18.3 Å². The maximum absolute atomic E-state index is 12.0. The average Bonchev–Trinajstić information content (AvgIpc) is 2.60. The van der Waals surface area contributed by atoms with Crippen LogP contribution in [0.4, 0.5) is 0 Å². The Morgan fingerprint density at radius 3 is 2.38 bits per heavy atom. The molecule has 3 N–H and O–H groups in total. The van der Waals surface area contributed by atoms with Gasteiger partial charge in [0.05, 0.1) is 0 Å². The van der Waals surface area contributed by atoms with Crippen molar-refractivity contribution in [1.82, 2.24) is 0 Å². The van der Waals surface area contributed by atoms with Crippen LogP contribution in [0, 0.1) is 0 Å². The van der Waals surface area contributed by atoms with E-state index in [9.17, 15) is 24.9 Å². The van der Waals surface area contributed by atoms with E-state index in [0.717, 1.165) is 0 Å². The first kappa shape index (κ1) is 18.5. The summed E-state index contributed by atoms with van der Waals surface area (Å²) < 4.78 is 15.1. The molecule has 0 saturated carbocycles. The molecule has 0 amide bonds. The van der Waals surface area contributed by atoms with E-state index in [4.69, 9.17) is 14.2 Å². The molecule has 0 bridgehead atoms. The van der Waals surface area contributed by atoms with E-state index in [-0.39, 0.29) is 6.61 Å². The van der Waals surface area contributed by atoms with E-state index in [1.165, 1.54) is 0 Å². The molecule has 1 unspecified atom stereocenters. The van der Waals surface area contributed by atoms with Gasteiger partial charge in [-0.25, -0.2) is 4.79 Å². The van der Waals surface area contributed by atoms with Crippen LogP contribution >= 0.6 is 0 Å². The molecule has 0 radical (unpaired) electrons. The molecule has 1 heterocycles. The number of carbonyl (C=O) groups is 2. The zero-order chi connectivity index (χ0) is 17.7. The van der Waals surface area contributed by atoms with Crippen LogP contribution in [0.15, 0.2) is 30.3 Å². The SMILES string of the molecule is CCOC1O[C@H](C(=O)OCC(=O)c2ccccc2)[C@@H](O)[C@H](O)[C@H]1O. The Balaban J connectivity index is 1.96. The summed E-state index contributed by atoms with van der Waals surface area (Å²) in [5.41, 5.74) is 0.373. The molecule has 2 rings (SSSR count). The summed E-state index contributed by atoms with van der Waals surface area (Å²) in [6.07, 6.45) is -7.69. The third-order valence-corrected chi connectivity index (χ3v) is 3.57. The number of ketones is 1. The van der Waals surface area contributed by atoms with Crippen molar-refractivity contribution in [2.75, 3.05) is 13.2 Å².